The molecular formula is C29H22BrN3O6. The number of imide groups is 2. The Morgan fingerprint density at radius 1 is 0.974 bits per heavy atom. The molecule has 4 aromatic rings. The maximum atomic E-state index is 13.3. The Morgan fingerprint density at radius 2 is 1.79 bits per heavy atom. The summed E-state index contributed by atoms with van der Waals surface area (Å²) in [7, 11) is 0. The third kappa shape index (κ3) is 4.98. The Hall–Kier alpha value is -4.57. The van der Waals surface area contributed by atoms with Gasteiger partial charge < -0.3 is 18.8 Å². The first-order valence-electron chi connectivity index (χ1n) is 12.2. The van der Waals surface area contributed by atoms with Crippen LogP contribution in [0.4, 0.5) is 4.79 Å². The molecule has 1 saturated heterocycles. The van der Waals surface area contributed by atoms with Crippen molar-refractivity contribution in [3.63, 3.8) is 0 Å². The summed E-state index contributed by atoms with van der Waals surface area (Å²) < 4.78 is 19.5. The van der Waals surface area contributed by atoms with Gasteiger partial charge in [-0.3, -0.25) is 19.8 Å². The second-order valence-corrected chi connectivity index (χ2v) is 9.91. The highest BCUT2D eigenvalue weighted by Gasteiger charge is 2.36. The molecule has 0 spiro atoms. The summed E-state index contributed by atoms with van der Waals surface area (Å²) in [5.74, 6) is 0.625. The number of carbonyl (C=O) groups excluding carboxylic acids is 3. The van der Waals surface area contributed by atoms with Crippen LogP contribution < -0.4 is 19.5 Å². The molecule has 3 heterocycles. The van der Waals surface area contributed by atoms with Gasteiger partial charge in [0.1, 0.15) is 17.9 Å². The zero-order valence-corrected chi connectivity index (χ0v) is 22.1. The lowest BCUT2D eigenvalue weighted by molar-refractivity contribution is -0.130. The molecule has 2 aliphatic rings. The number of ether oxygens (including phenoxy) is 3. The van der Waals surface area contributed by atoms with Gasteiger partial charge in [0, 0.05) is 33.2 Å². The maximum Gasteiger partial charge on any atom is 0.331 e. The van der Waals surface area contributed by atoms with E-state index in [9.17, 15) is 14.4 Å². The summed E-state index contributed by atoms with van der Waals surface area (Å²) in [6.45, 7) is 1.13. The topological polar surface area (TPSA) is 99.1 Å². The zero-order valence-electron chi connectivity index (χ0n) is 20.6. The van der Waals surface area contributed by atoms with Crippen LogP contribution >= 0.6 is 15.9 Å². The Morgan fingerprint density at radius 3 is 2.64 bits per heavy atom. The molecule has 2 aliphatic heterocycles. The monoisotopic (exact) mass is 587 g/mol. The number of rotatable bonds is 7. The van der Waals surface area contributed by atoms with Gasteiger partial charge >= 0.3 is 6.03 Å². The lowest BCUT2D eigenvalue weighted by Crippen LogP contribution is -2.53. The molecule has 4 amide bonds. The quantitative estimate of drug-likeness (QED) is 0.244. The van der Waals surface area contributed by atoms with E-state index in [-0.39, 0.29) is 18.9 Å². The molecule has 0 aliphatic carbocycles. The van der Waals surface area contributed by atoms with Gasteiger partial charge in [-0.05, 0) is 42.0 Å². The van der Waals surface area contributed by atoms with Crippen LogP contribution in [0.3, 0.4) is 0 Å². The number of halogens is 1. The first-order valence-corrected chi connectivity index (χ1v) is 13.0. The molecule has 196 valence electrons. The second kappa shape index (κ2) is 10.3. The molecule has 3 aromatic carbocycles. The van der Waals surface area contributed by atoms with Crippen LogP contribution in [0, 0.1) is 0 Å². The Balaban J connectivity index is 1.27. The second-order valence-electron chi connectivity index (χ2n) is 9.00. The van der Waals surface area contributed by atoms with Crippen molar-refractivity contribution in [2.75, 3.05) is 13.4 Å². The van der Waals surface area contributed by atoms with E-state index < -0.39 is 17.8 Å². The van der Waals surface area contributed by atoms with E-state index in [0.717, 1.165) is 25.8 Å². The van der Waals surface area contributed by atoms with Crippen LogP contribution in [0.1, 0.15) is 11.1 Å². The molecule has 9 nitrogen and oxygen atoms in total. The number of fused-ring (bicyclic) bond motifs is 2. The number of hydrogen-bond acceptors (Lipinski definition) is 6. The molecule has 1 fully saturated rings. The van der Waals surface area contributed by atoms with E-state index in [0.29, 0.717) is 36.0 Å². The smallest absolute Gasteiger partial charge is 0.331 e. The summed E-state index contributed by atoms with van der Waals surface area (Å²) in [5.41, 5.74) is 2.24. The van der Waals surface area contributed by atoms with Crippen LogP contribution in [0.15, 0.2) is 83.0 Å². The van der Waals surface area contributed by atoms with E-state index in [1.165, 1.54) is 6.08 Å². The third-order valence-corrected chi connectivity index (χ3v) is 6.98. The van der Waals surface area contributed by atoms with Crippen molar-refractivity contribution in [1.82, 2.24) is 14.8 Å². The van der Waals surface area contributed by atoms with Crippen molar-refractivity contribution in [2.24, 2.45) is 0 Å². The van der Waals surface area contributed by atoms with Crippen LogP contribution in [0.25, 0.3) is 17.0 Å². The van der Waals surface area contributed by atoms with E-state index in [2.05, 4.69) is 21.2 Å². The van der Waals surface area contributed by atoms with Crippen LogP contribution in [0.2, 0.25) is 0 Å². The van der Waals surface area contributed by atoms with E-state index >= 15 is 0 Å². The molecular weight excluding hydrogens is 566 g/mol. The average molecular weight is 588 g/mol. The molecule has 6 rings (SSSR count). The zero-order chi connectivity index (χ0) is 26.9. The molecule has 0 atom stereocenters. The van der Waals surface area contributed by atoms with Gasteiger partial charge in [-0.1, -0.05) is 46.3 Å². The highest BCUT2D eigenvalue weighted by molar-refractivity contribution is 9.10. The highest BCUT2D eigenvalue weighted by Crippen LogP contribution is 2.35. The highest BCUT2D eigenvalue weighted by atomic mass is 79.9. The van der Waals surface area contributed by atoms with E-state index in [1.54, 1.807) is 6.07 Å². The number of nitrogens with zero attached hydrogens (tertiary/aromatic N) is 2. The Labute approximate surface area is 231 Å². The van der Waals surface area contributed by atoms with Gasteiger partial charge in [-0.15, -0.1) is 0 Å². The Bertz CT molecular complexity index is 1650. The predicted octanol–water partition coefficient (Wildman–Crippen LogP) is 4.87. The van der Waals surface area contributed by atoms with E-state index in [4.69, 9.17) is 14.2 Å². The first kappa shape index (κ1) is 24.7. The molecule has 0 bridgehead atoms. The number of aromatic nitrogens is 1. The Kier molecular flexibility index (Phi) is 6.54. The summed E-state index contributed by atoms with van der Waals surface area (Å²) in [6.07, 6.45) is 3.40. The van der Waals surface area contributed by atoms with Gasteiger partial charge in [0.15, 0.2) is 11.5 Å². The molecule has 39 heavy (non-hydrogen) atoms. The number of carbonyl (C=O) groups is 3. The SMILES string of the molecule is O=C1NC(=O)N(Cc2ccccc2)C(=O)/C1=C/c1cn(CCOc2ccc3c(c2)OCO3)c2ccc(Br)cc12. The average Bonchev–Trinajstić information content (AvgIpc) is 3.53. The number of nitrogens with one attached hydrogen (secondary N) is 1. The van der Waals surface area contributed by atoms with Crippen molar-refractivity contribution < 1.29 is 28.6 Å². The molecule has 0 saturated carbocycles. The van der Waals surface area contributed by atoms with Gasteiger partial charge in [0.05, 0.1) is 13.1 Å². The van der Waals surface area contributed by atoms with Crippen molar-refractivity contribution >= 4 is 50.8 Å². The number of barbiturate groups is 1. The third-order valence-electron chi connectivity index (χ3n) is 6.49. The molecule has 10 heteroatoms. The maximum absolute atomic E-state index is 13.3. The fraction of sp³-hybridized carbons (Fsp3) is 0.138. The molecule has 1 aromatic heterocycles. The lowest BCUT2D eigenvalue weighted by Gasteiger charge is -2.26. The predicted molar refractivity (Wildman–Crippen MR) is 146 cm³/mol. The minimum absolute atomic E-state index is 0.0562. The molecule has 0 unspecified atom stereocenters. The normalized spacial score (nSPS) is 15.8. The summed E-state index contributed by atoms with van der Waals surface area (Å²) in [6, 6.07) is 19.6. The fourth-order valence-corrected chi connectivity index (χ4v) is 4.95. The van der Waals surface area contributed by atoms with Crippen LogP contribution in [-0.2, 0) is 22.7 Å². The largest absolute Gasteiger partial charge is 0.492 e. The standard InChI is InChI=1S/C29H22BrN3O6/c30-20-6-8-24-22(13-20)19(16-32(24)10-11-37-21-7-9-25-26(14-21)39-17-38-25)12-23-27(34)31-29(36)33(28(23)35)15-18-4-2-1-3-5-18/h1-9,12-14,16H,10-11,15,17H2,(H,31,34,36)/b23-12+. The lowest BCUT2D eigenvalue weighted by atomic mass is 10.1. The summed E-state index contributed by atoms with van der Waals surface area (Å²) in [4.78, 5) is 39.6. The molecule has 0 radical (unpaired) electrons. The minimum Gasteiger partial charge on any atom is -0.492 e. The van der Waals surface area contributed by atoms with Crippen molar-refractivity contribution in [3.8, 4) is 17.2 Å². The van der Waals surface area contributed by atoms with Crippen molar-refractivity contribution in [3.05, 3.63) is 94.1 Å². The summed E-state index contributed by atoms with van der Waals surface area (Å²) >= 11 is 3.51. The van der Waals surface area contributed by atoms with Crippen LogP contribution in [-0.4, -0.2) is 40.7 Å². The first-order chi connectivity index (χ1) is 19.0. The number of amides is 4. The van der Waals surface area contributed by atoms with Gasteiger partial charge in [-0.2, -0.15) is 0 Å². The number of benzene rings is 3. The van der Waals surface area contributed by atoms with Gasteiger partial charge in [0.25, 0.3) is 11.8 Å². The van der Waals surface area contributed by atoms with Gasteiger partial charge in [0.2, 0.25) is 6.79 Å². The van der Waals surface area contributed by atoms with Crippen LogP contribution in [0.5, 0.6) is 17.2 Å². The van der Waals surface area contributed by atoms with Crippen molar-refractivity contribution in [1.29, 1.82) is 0 Å². The van der Waals surface area contributed by atoms with Crippen molar-refractivity contribution in [2.45, 2.75) is 13.1 Å². The number of hydrogen-bond donors (Lipinski definition) is 1. The summed E-state index contributed by atoms with van der Waals surface area (Å²) in [5, 5.41) is 3.13. The van der Waals surface area contributed by atoms with Gasteiger partial charge in [-0.25, -0.2) is 4.79 Å². The minimum atomic E-state index is -0.739. The number of urea groups is 1. The fourth-order valence-electron chi connectivity index (χ4n) is 4.58. The molecule has 1 N–H and O–H groups in total. The van der Waals surface area contributed by atoms with E-state index in [1.807, 2.05) is 71.4 Å².